The van der Waals surface area contributed by atoms with Crippen LogP contribution in [-0.4, -0.2) is 36.4 Å². The minimum Gasteiger partial charge on any atom is -0.494 e. The molecule has 6 heteroatoms. The van der Waals surface area contributed by atoms with Crippen molar-refractivity contribution in [3.63, 3.8) is 0 Å². The summed E-state index contributed by atoms with van der Waals surface area (Å²) in [5, 5.41) is 3.24. The Morgan fingerprint density at radius 2 is 1.79 bits per heavy atom. The summed E-state index contributed by atoms with van der Waals surface area (Å²) >= 11 is 6.49. The van der Waals surface area contributed by atoms with Crippen LogP contribution in [0.1, 0.15) is 79.0 Å². The predicted octanol–water partition coefficient (Wildman–Crippen LogP) is 6.81. The lowest BCUT2D eigenvalue weighted by molar-refractivity contribution is 0.0521. The molecule has 182 valence electrons. The number of halogens is 1. The maximum atomic E-state index is 13.1. The molecule has 5 nitrogen and oxygen atoms in total. The van der Waals surface area contributed by atoms with Crippen LogP contribution < -0.4 is 10.1 Å². The standard InChI is InChI=1S/C28H35ClN2O3/c1-2-3-6-17-34-24-12-9-21(10-13-24)27(32)30-23-11-14-25(26(29)18-23)28(33)31-16-15-20-7-4-5-8-22(20)19-31/h9-14,18,20,22H,2-8,15-17,19H2,1H3,(H,30,32)/t20-,22+/m1/s1. The smallest absolute Gasteiger partial charge is 0.255 e. The summed E-state index contributed by atoms with van der Waals surface area (Å²) in [4.78, 5) is 27.8. The fourth-order valence-corrected chi connectivity index (χ4v) is 5.43. The molecule has 0 spiro atoms. The van der Waals surface area contributed by atoms with Crippen molar-refractivity contribution in [3.05, 3.63) is 58.6 Å². The molecule has 34 heavy (non-hydrogen) atoms. The fraction of sp³-hybridized carbons (Fsp3) is 0.500. The molecule has 4 rings (SSSR count). The second kappa shape index (κ2) is 11.7. The second-order valence-electron chi connectivity index (χ2n) is 9.57. The average molecular weight is 483 g/mol. The Hall–Kier alpha value is -2.53. The van der Waals surface area contributed by atoms with Gasteiger partial charge in [0.05, 0.1) is 17.2 Å². The van der Waals surface area contributed by atoms with Crippen molar-refractivity contribution in [1.82, 2.24) is 4.90 Å². The molecule has 1 heterocycles. The number of likely N-dealkylation sites (tertiary alicyclic amines) is 1. The zero-order chi connectivity index (χ0) is 23.9. The Kier molecular flexibility index (Phi) is 8.49. The lowest BCUT2D eigenvalue weighted by atomic mass is 9.75. The highest BCUT2D eigenvalue weighted by Crippen LogP contribution is 2.37. The Bertz CT molecular complexity index is 992. The minimum absolute atomic E-state index is 0.0126. The maximum absolute atomic E-state index is 13.1. The summed E-state index contributed by atoms with van der Waals surface area (Å²) in [7, 11) is 0. The average Bonchev–Trinajstić information content (AvgIpc) is 2.86. The number of rotatable bonds is 8. The van der Waals surface area contributed by atoms with Crippen LogP contribution in [0.3, 0.4) is 0 Å². The third-order valence-corrected chi connectivity index (χ3v) is 7.48. The van der Waals surface area contributed by atoms with E-state index in [-0.39, 0.29) is 11.8 Å². The van der Waals surface area contributed by atoms with E-state index in [9.17, 15) is 9.59 Å². The van der Waals surface area contributed by atoms with Gasteiger partial charge in [-0.15, -0.1) is 0 Å². The number of amides is 2. The topological polar surface area (TPSA) is 58.6 Å². The van der Waals surface area contributed by atoms with Crippen molar-refractivity contribution < 1.29 is 14.3 Å². The van der Waals surface area contributed by atoms with Gasteiger partial charge in [-0.3, -0.25) is 9.59 Å². The zero-order valence-corrected chi connectivity index (χ0v) is 20.8. The second-order valence-corrected chi connectivity index (χ2v) is 9.98. The van der Waals surface area contributed by atoms with Crippen LogP contribution in [0.4, 0.5) is 5.69 Å². The van der Waals surface area contributed by atoms with Gasteiger partial charge in [-0.05, 0) is 73.6 Å². The summed E-state index contributed by atoms with van der Waals surface area (Å²) in [6, 6.07) is 12.2. The fourth-order valence-electron chi connectivity index (χ4n) is 5.17. The largest absolute Gasteiger partial charge is 0.494 e. The van der Waals surface area contributed by atoms with Crippen molar-refractivity contribution in [2.45, 2.75) is 58.3 Å². The zero-order valence-electron chi connectivity index (χ0n) is 20.0. The van der Waals surface area contributed by atoms with Gasteiger partial charge >= 0.3 is 0 Å². The quantitative estimate of drug-likeness (QED) is 0.420. The van der Waals surface area contributed by atoms with E-state index >= 15 is 0 Å². The highest BCUT2D eigenvalue weighted by Gasteiger charge is 2.33. The van der Waals surface area contributed by atoms with E-state index in [2.05, 4.69) is 12.2 Å². The SMILES string of the molecule is CCCCCOc1ccc(C(=O)Nc2ccc(C(=O)N3CC[C@H]4CCCC[C@H]4C3)c(Cl)c2)cc1. The highest BCUT2D eigenvalue weighted by atomic mass is 35.5. The number of carbonyl (C=O) groups is 2. The van der Waals surface area contributed by atoms with E-state index in [1.54, 1.807) is 30.3 Å². The molecule has 0 radical (unpaired) electrons. The molecule has 1 aliphatic heterocycles. The molecule has 0 unspecified atom stereocenters. The van der Waals surface area contributed by atoms with Crippen molar-refractivity contribution >= 4 is 29.1 Å². The third kappa shape index (κ3) is 6.12. The van der Waals surface area contributed by atoms with E-state index in [4.69, 9.17) is 16.3 Å². The monoisotopic (exact) mass is 482 g/mol. The van der Waals surface area contributed by atoms with Crippen LogP contribution in [0.5, 0.6) is 5.75 Å². The van der Waals surface area contributed by atoms with Crippen molar-refractivity contribution in [2.75, 3.05) is 25.0 Å². The maximum Gasteiger partial charge on any atom is 0.255 e. The molecule has 2 amide bonds. The highest BCUT2D eigenvalue weighted by molar-refractivity contribution is 6.34. The summed E-state index contributed by atoms with van der Waals surface area (Å²) in [5.41, 5.74) is 1.60. The number of piperidine rings is 1. The molecule has 0 bridgehead atoms. The number of unbranched alkanes of at least 4 members (excludes halogenated alkanes) is 2. The van der Waals surface area contributed by atoms with Crippen LogP contribution in [0.25, 0.3) is 0 Å². The van der Waals surface area contributed by atoms with Gasteiger partial charge in [0.1, 0.15) is 5.75 Å². The first kappa shape index (κ1) is 24.6. The molecular weight excluding hydrogens is 448 g/mol. The summed E-state index contributed by atoms with van der Waals surface area (Å²) in [5.74, 6) is 1.91. The number of ether oxygens (including phenoxy) is 1. The number of carbonyl (C=O) groups excluding carboxylic acids is 2. The molecule has 1 saturated carbocycles. The van der Waals surface area contributed by atoms with E-state index in [0.29, 0.717) is 34.4 Å². The van der Waals surface area contributed by atoms with Crippen molar-refractivity contribution in [3.8, 4) is 5.75 Å². The van der Waals surface area contributed by atoms with Gasteiger partial charge in [-0.1, -0.05) is 50.6 Å². The lowest BCUT2D eigenvalue weighted by Gasteiger charge is -2.41. The number of nitrogens with zero attached hydrogens (tertiary/aromatic N) is 1. The van der Waals surface area contributed by atoms with Crippen LogP contribution in [0.2, 0.25) is 5.02 Å². The van der Waals surface area contributed by atoms with Gasteiger partial charge < -0.3 is 15.0 Å². The number of hydrogen-bond acceptors (Lipinski definition) is 3. The number of benzene rings is 2. The molecule has 2 aliphatic rings. The molecule has 1 aliphatic carbocycles. The van der Waals surface area contributed by atoms with E-state index in [0.717, 1.165) is 50.4 Å². The van der Waals surface area contributed by atoms with Gasteiger partial charge in [-0.25, -0.2) is 0 Å². The normalized spacial score (nSPS) is 19.9. The molecule has 1 saturated heterocycles. The van der Waals surface area contributed by atoms with Gasteiger partial charge in [0.2, 0.25) is 0 Å². The molecule has 2 fully saturated rings. The van der Waals surface area contributed by atoms with Gasteiger partial charge in [0.25, 0.3) is 11.8 Å². The van der Waals surface area contributed by atoms with E-state index in [1.165, 1.54) is 25.7 Å². The van der Waals surface area contributed by atoms with E-state index in [1.807, 2.05) is 17.0 Å². The van der Waals surface area contributed by atoms with Gasteiger partial charge in [0, 0.05) is 24.3 Å². The number of fused-ring (bicyclic) bond motifs is 1. The Morgan fingerprint density at radius 1 is 1.03 bits per heavy atom. The Balaban J connectivity index is 1.33. The van der Waals surface area contributed by atoms with Crippen LogP contribution >= 0.6 is 11.6 Å². The Morgan fingerprint density at radius 3 is 2.53 bits per heavy atom. The summed E-state index contributed by atoms with van der Waals surface area (Å²) < 4.78 is 5.71. The molecule has 1 N–H and O–H groups in total. The predicted molar refractivity (Wildman–Crippen MR) is 137 cm³/mol. The lowest BCUT2D eigenvalue weighted by Crippen LogP contribution is -2.44. The van der Waals surface area contributed by atoms with Gasteiger partial charge in [0.15, 0.2) is 0 Å². The Labute approximate surface area is 207 Å². The molecule has 2 aromatic carbocycles. The van der Waals surface area contributed by atoms with Crippen LogP contribution in [-0.2, 0) is 0 Å². The first-order valence-electron chi connectivity index (χ1n) is 12.7. The molecular formula is C28H35ClN2O3. The minimum atomic E-state index is -0.230. The van der Waals surface area contributed by atoms with E-state index < -0.39 is 0 Å². The molecule has 2 atom stereocenters. The first-order chi connectivity index (χ1) is 16.5. The first-order valence-corrected chi connectivity index (χ1v) is 13.1. The summed E-state index contributed by atoms with van der Waals surface area (Å²) in [6.07, 6.45) is 9.53. The number of nitrogens with one attached hydrogen (secondary N) is 1. The molecule has 2 aromatic rings. The van der Waals surface area contributed by atoms with Crippen molar-refractivity contribution in [2.24, 2.45) is 11.8 Å². The van der Waals surface area contributed by atoms with Crippen molar-refractivity contribution in [1.29, 1.82) is 0 Å². The molecule has 0 aromatic heterocycles. The van der Waals surface area contributed by atoms with Gasteiger partial charge in [-0.2, -0.15) is 0 Å². The number of hydrogen-bond donors (Lipinski definition) is 1. The van der Waals surface area contributed by atoms with Crippen LogP contribution in [0.15, 0.2) is 42.5 Å². The number of anilines is 1. The van der Waals surface area contributed by atoms with Crippen LogP contribution in [0, 0.1) is 11.8 Å². The third-order valence-electron chi connectivity index (χ3n) is 7.17. The summed E-state index contributed by atoms with van der Waals surface area (Å²) in [6.45, 7) is 4.47.